The normalized spacial score (nSPS) is 11.7. The number of pyridine rings is 1. The third-order valence-corrected chi connectivity index (χ3v) is 7.46. The Morgan fingerprint density at radius 2 is 1.79 bits per heavy atom. The lowest BCUT2D eigenvalue weighted by molar-refractivity contribution is 0.602. The lowest BCUT2D eigenvalue weighted by atomic mass is 10.0. The number of thiazole rings is 1. The number of fused-ring (bicyclic) bond motifs is 2. The number of hydrogen-bond donors (Lipinski definition) is 1. The monoisotopic (exact) mass is 476 g/mol. The minimum absolute atomic E-state index is 0.179. The average molecular weight is 477 g/mol. The number of nitrogens with one attached hydrogen (secondary N) is 1. The van der Waals surface area contributed by atoms with Crippen molar-refractivity contribution in [2.24, 2.45) is 0 Å². The summed E-state index contributed by atoms with van der Waals surface area (Å²) in [6, 6.07) is 11.4. The maximum Gasteiger partial charge on any atom is 0.185 e. The molecular weight excluding hydrogens is 456 g/mol. The van der Waals surface area contributed by atoms with E-state index in [0.717, 1.165) is 32.0 Å². The van der Waals surface area contributed by atoms with Crippen molar-refractivity contribution >= 4 is 58.9 Å². The number of rotatable bonds is 5. The van der Waals surface area contributed by atoms with E-state index in [0.29, 0.717) is 16.9 Å². The van der Waals surface area contributed by atoms with Gasteiger partial charge in [-0.05, 0) is 35.9 Å². The van der Waals surface area contributed by atoms with Gasteiger partial charge in [0.25, 0.3) is 0 Å². The predicted octanol–water partition coefficient (Wildman–Crippen LogP) is 4.51. The summed E-state index contributed by atoms with van der Waals surface area (Å²) in [6.45, 7) is 0. The van der Waals surface area contributed by atoms with Crippen molar-refractivity contribution in [2.45, 2.75) is 4.90 Å². The smallest absolute Gasteiger partial charge is 0.185 e. The van der Waals surface area contributed by atoms with Gasteiger partial charge in [-0.25, -0.2) is 13.4 Å². The Bertz CT molecular complexity index is 1610. The van der Waals surface area contributed by atoms with E-state index in [2.05, 4.69) is 26.3 Å². The molecule has 0 unspecified atom stereocenters. The quantitative estimate of drug-likeness (QED) is 0.395. The highest BCUT2D eigenvalue weighted by Gasteiger charge is 2.16. The van der Waals surface area contributed by atoms with E-state index in [1.165, 1.54) is 24.7 Å². The van der Waals surface area contributed by atoms with Gasteiger partial charge in [0, 0.05) is 50.2 Å². The standard InChI is InChI=1S/C23H20N6O2S2/c1-29(2)23-28-17-10-14(4-5-20(17)32-23)16-11-15(12-18-22(16)26-9-8-25-18)27-19-13-24-7-6-21(19)33(3,30)31/h4-13,27H,1-3H3. The van der Waals surface area contributed by atoms with Crippen molar-refractivity contribution in [3.63, 3.8) is 0 Å². The van der Waals surface area contributed by atoms with Gasteiger partial charge >= 0.3 is 0 Å². The van der Waals surface area contributed by atoms with Crippen LogP contribution in [0.5, 0.6) is 0 Å². The zero-order chi connectivity index (χ0) is 23.2. The number of sulfone groups is 1. The molecule has 3 aromatic heterocycles. The van der Waals surface area contributed by atoms with Gasteiger partial charge in [0.2, 0.25) is 0 Å². The topological polar surface area (TPSA) is 101 Å². The second kappa shape index (κ2) is 8.05. The Morgan fingerprint density at radius 3 is 2.58 bits per heavy atom. The Kier molecular flexibility index (Phi) is 5.18. The molecule has 8 nitrogen and oxygen atoms in total. The van der Waals surface area contributed by atoms with Gasteiger partial charge in [-0.1, -0.05) is 17.4 Å². The van der Waals surface area contributed by atoms with Gasteiger partial charge in [0.05, 0.1) is 38.0 Å². The number of benzene rings is 2. The highest BCUT2D eigenvalue weighted by molar-refractivity contribution is 7.90. The lowest BCUT2D eigenvalue weighted by Crippen LogP contribution is -2.07. The first-order valence-electron chi connectivity index (χ1n) is 10.0. The minimum atomic E-state index is -3.43. The first-order valence-corrected chi connectivity index (χ1v) is 12.7. The van der Waals surface area contributed by atoms with Crippen LogP contribution in [0.3, 0.4) is 0 Å². The molecule has 0 spiro atoms. The van der Waals surface area contributed by atoms with Crippen LogP contribution in [-0.2, 0) is 9.84 Å². The van der Waals surface area contributed by atoms with Crippen molar-refractivity contribution in [3.8, 4) is 11.1 Å². The zero-order valence-electron chi connectivity index (χ0n) is 18.1. The van der Waals surface area contributed by atoms with Crippen molar-refractivity contribution < 1.29 is 8.42 Å². The molecule has 0 bridgehead atoms. The highest BCUT2D eigenvalue weighted by Crippen LogP contribution is 2.35. The first kappa shape index (κ1) is 21.2. The molecule has 5 aromatic rings. The van der Waals surface area contributed by atoms with Crippen LogP contribution in [0.4, 0.5) is 16.5 Å². The molecule has 0 fully saturated rings. The molecule has 166 valence electrons. The summed E-state index contributed by atoms with van der Waals surface area (Å²) in [5.41, 5.74) is 5.25. The summed E-state index contributed by atoms with van der Waals surface area (Å²) in [4.78, 5) is 20.0. The molecule has 2 aromatic carbocycles. The van der Waals surface area contributed by atoms with E-state index >= 15 is 0 Å². The molecule has 0 saturated heterocycles. The van der Waals surface area contributed by atoms with Crippen molar-refractivity contribution in [1.29, 1.82) is 0 Å². The summed E-state index contributed by atoms with van der Waals surface area (Å²) < 4.78 is 25.5. The van der Waals surface area contributed by atoms with E-state index in [1.54, 1.807) is 23.7 Å². The average Bonchev–Trinajstić information content (AvgIpc) is 3.22. The van der Waals surface area contributed by atoms with Crippen LogP contribution in [-0.4, -0.2) is 48.7 Å². The van der Waals surface area contributed by atoms with Crippen LogP contribution in [0.1, 0.15) is 0 Å². The van der Waals surface area contributed by atoms with Crippen LogP contribution in [0.2, 0.25) is 0 Å². The van der Waals surface area contributed by atoms with E-state index in [-0.39, 0.29) is 4.90 Å². The van der Waals surface area contributed by atoms with E-state index in [1.807, 2.05) is 43.3 Å². The van der Waals surface area contributed by atoms with Gasteiger partial charge in [0.1, 0.15) is 0 Å². The molecule has 1 N–H and O–H groups in total. The molecule has 10 heteroatoms. The minimum Gasteiger partial charge on any atom is -0.354 e. The maximum atomic E-state index is 12.2. The van der Waals surface area contributed by atoms with Gasteiger partial charge in [-0.3, -0.25) is 15.0 Å². The van der Waals surface area contributed by atoms with Gasteiger partial charge in [-0.15, -0.1) is 0 Å². The van der Waals surface area contributed by atoms with Crippen LogP contribution in [0.15, 0.2) is 66.1 Å². The van der Waals surface area contributed by atoms with Crippen molar-refractivity contribution in [2.75, 3.05) is 30.6 Å². The van der Waals surface area contributed by atoms with Crippen LogP contribution < -0.4 is 10.2 Å². The van der Waals surface area contributed by atoms with Crippen LogP contribution >= 0.6 is 11.3 Å². The zero-order valence-corrected chi connectivity index (χ0v) is 19.8. The van der Waals surface area contributed by atoms with E-state index < -0.39 is 9.84 Å². The molecule has 0 atom stereocenters. The second-order valence-electron chi connectivity index (χ2n) is 7.79. The number of nitrogens with zero attached hydrogens (tertiary/aromatic N) is 5. The molecule has 33 heavy (non-hydrogen) atoms. The Hall–Kier alpha value is -3.63. The van der Waals surface area contributed by atoms with E-state index in [9.17, 15) is 8.42 Å². The molecule has 0 aliphatic rings. The Balaban J connectivity index is 1.66. The third kappa shape index (κ3) is 4.10. The van der Waals surface area contributed by atoms with E-state index in [4.69, 9.17) is 4.98 Å². The highest BCUT2D eigenvalue weighted by atomic mass is 32.2. The van der Waals surface area contributed by atoms with Gasteiger partial charge < -0.3 is 10.2 Å². The molecule has 0 saturated carbocycles. The Labute approximate surface area is 194 Å². The molecule has 0 radical (unpaired) electrons. The van der Waals surface area contributed by atoms with Crippen LogP contribution in [0.25, 0.3) is 32.4 Å². The fourth-order valence-corrected chi connectivity index (χ4v) is 5.28. The molecule has 0 amide bonds. The summed E-state index contributed by atoms with van der Waals surface area (Å²) in [5.74, 6) is 0. The number of anilines is 3. The van der Waals surface area contributed by atoms with Gasteiger partial charge in [0.15, 0.2) is 15.0 Å². The van der Waals surface area contributed by atoms with Crippen molar-refractivity contribution in [1.82, 2.24) is 19.9 Å². The first-order chi connectivity index (χ1) is 15.8. The van der Waals surface area contributed by atoms with Crippen molar-refractivity contribution in [3.05, 3.63) is 61.2 Å². The third-order valence-electron chi connectivity index (χ3n) is 5.10. The second-order valence-corrected chi connectivity index (χ2v) is 10.8. The lowest BCUT2D eigenvalue weighted by Gasteiger charge is -2.13. The fourth-order valence-electron chi connectivity index (χ4n) is 3.60. The van der Waals surface area contributed by atoms with Gasteiger partial charge in [-0.2, -0.15) is 0 Å². The summed E-state index contributed by atoms with van der Waals surface area (Å²) in [7, 11) is 0.516. The molecule has 0 aliphatic heterocycles. The fraction of sp³-hybridized carbons (Fsp3) is 0.130. The van der Waals surface area contributed by atoms with Crippen LogP contribution in [0, 0.1) is 0 Å². The molecule has 3 heterocycles. The summed E-state index contributed by atoms with van der Waals surface area (Å²) >= 11 is 1.63. The SMILES string of the molecule is CN(C)c1nc2cc(-c3cc(Nc4cnccc4S(C)(=O)=O)cc4nccnc34)ccc2s1. The molecule has 0 aliphatic carbocycles. The summed E-state index contributed by atoms with van der Waals surface area (Å²) in [6.07, 6.45) is 7.43. The predicted molar refractivity (Wildman–Crippen MR) is 133 cm³/mol. The molecular formula is C23H20N6O2S2. The number of hydrogen-bond acceptors (Lipinski definition) is 9. The summed E-state index contributed by atoms with van der Waals surface area (Å²) in [5, 5.41) is 4.15. The molecule has 5 rings (SSSR count). The largest absolute Gasteiger partial charge is 0.354 e. The Morgan fingerprint density at radius 1 is 0.970 bits per heavy atom. The maximum absolute atomic E-state index is 12.2. The number of aromatic nitrogens is 4.